The predicted molar refractivity (Wildman–Crippen MR) is 73.9 cm³/mol. The van der Waals surface area contributed by atoms with Crippen molar-refractivity contribution in [1.82, 2.24) is 14.8 Å². The van der Waals surface area contributed by atoms with Crippen molar-refractivity contribution in [2.45, 2.75) is 39.2 Å². The van der Waals surface area contributed by atoms with Gasteiger partial charge in [0.1, 0.15) is 5.82 Å². The van der Waals surface area contributed by atoms with E-state index in [1.807, 2.05) is 10.6 Å². The number of halogens is 1. The van der Waals surface area contributed by atoms with E-state index in [0.717, 1.165) is 25.2 Å². The zero-order valence-corrected chi connectivity index (χ0v) is 11.6. The van der Waals surface area contributed by atoms with Crippen LogP contribution in [-0.2, 0) is 13.0 Å². The summed E-state index contributed by atoms with van der Waals surface area (Å²) in [6.45, 7) is 5.17. The predicted octanol–water partition coefficient (Wildman–Crippen LogP) is 3.69. The van der Waals surface area contributed by atoms with Gasteiger partial charge in [-0.1, -0.05) is 44.2 Å². The van der Waals surface area contributed by atoms with E-state index in [4.69, 9.17) is 11.6 Å². The first-order valence-electron chi connectivity index (χ1n) is 6.35. The highest BCUT2D eigenvalue weighted by atomic mass is 35.5. The molecule has 0 aliphatic carbocycles. The molecule has 1 heterocycles. The van der Waals surface area contributed by atoms with Crippen LogP contribution in [0.3, 0.4) is 0 Å². The molecule has 0 spiro atoms. The third-order valence-corrected chi connectivity index (χ3v) is 3.53. The van der Waals surface area contributed by atoms with Crippen LogP contribution in [0.5, 0.6) is 0 Å². The van der Waals surface area contributed by atoms with Crippen molar-refractivity contribution in [1.29, 1.82) is 0 Å². The van der Waals surface area contributed by atoms with Gasteiger partial charge in [0.25, 0.3) is 0 Å². The zero-order chi connectivity index (χ0) is 13.0. The molecule has 2 rings (SSSR count). The molecule has 1 aromatic heterocycles. The topological polar surface area (TPSA) is 30.7 Å². The first-order valence-corrected chi connectivity index (χ1v) is 6.72. The molecule has 3 nitrogen and oxygen atoms in total. The number of aromatic nitrogens is 3. The lowest BCUT2D eigenvalue weighted by atomic mass is 9.98. The van der Waals surface area contributed by atoms with Crippen LogP contribution < -0.4 is 0 Å². The molecule has 1 unspecified atom stereocenters. The highest BCUT2D eigenvalue weighted by Crippen LogP contribution is 2.20. The summed E-state index contributed by atoms with van der Waals surface area (Å²) in [5.41, 5.74) is 1.36. The largest absolute Gasteiger partial charge is 0.302 e. The summed E-state index contributed by atoms with van der Waals surface area (Å²) in [4.78, 5) is 0. The van der Waals surface area contributed by atoms with E-state index in [-0.39, 0.29) is 0 Å². The molecule has 1 aromatic carbocycles. The normalized spacial score (nSPS) is 12.6. The summed E-state index contributed by atoms with van der Waals surface area (Å²) in [6.07, 6.45) is 1.90. The summed E-state index contributed by atoms with van der Waals surface area (Å²) in [6, 6.07) is 10.5. The Balaban J connectivity index is 2.01. The average molecular weight is 264 g/mol. The van der Waals surface area contributed by atoms with Gasteiger partial charge in [-0.25, -0.2) is 0 Å². The second-order valence-corrected chi connectivity index (χ2v) is 4.83. The summed E-state index contributed by atoms with van der Waals surface area (Å²) in [5.74, 6) is 1.47. The van der Waals surface area contributed by atoms with E-state index in [9.17, 15) is 0 Å². The van der Waals surface area contributed by atoms with E-state index >= 15 is 0 Å². The number of aryl methyl sites for hydroxylation is 1. The third-order valence-electron chi connectivity index (χ3n) is 3.25. The Kier molecular flexibility index (Phi) is 4.37. The van der Waals surface area contributed by atoms with Gasteiger partial charge in [-0.05, 0) is 29.5 Å². The summed E-state index contributed by atoms with van der Waals surface area (Å²) < 4.78 is 2.00. The van der Waals surface area contributed by atoms with Crippen molar-refractivity contribution in [2.24, 2.45) is 0 Å². The van der Waals surface area contributed by atoms with Gasteiger partial charge in [0.2, 0.25) is 5.28 Å². The Bertz CT molecular complexity index is 493. The maximum atomic E-state index is 6.04. The average Bonchev–Trinajstić information content (AvgIpc) is 2.77. The molecule has 0 fully saturated rings. The Morgan fingerprint density at radius 1 is 1.22 bits per heavy atom. The number of benzene rings is 1. The van der Waals surface area contributed by atoms with Gasteiger partial charge in [0.05, 0.1) is 0 Å². The fraction of sp³-hybridized carbons (Fsp3) is 0.429. The SMILES string of the molecule is CCc1nnc(Cl)n1CCC(C)c1ccccc1. The van der Waals surface area contributed by atoms with Crippen LogP contribution in [0.25, 0.3) is 0 Å². The van der Waals surface area contributed by atoms with Crippen molar-refractivity contribution in [2.75, 3.05) is 0 Å². The Morgan fingerprint density at radius 3 is 2.61 bits per heavy atom. The number of hydrogen-bond donors (Lipinski definition) is 0. The first kappa shape index (κ1) is 13.1. The Hall–Kier alpha value is -1.35. The van der Waals surface area contributed by atoms with Gasteiger partial charge >= 0.3 is 0 Å². The van der Waals surface area contributed by atoms with Crippen LogP contribution in [0, 0.1) is 0 Å². The van der Waals surface area contributed by atoms with Gasteiger partial charge in [0, 0.05) is 13.0 Å². The van der Waals surface area contributed by atoms with E-state index in [1.165, 1.54) is 5.56 Å². The summed E-state index contributed by atoms with van der Waals surface area (Å²) in [7, 11) is 0. The maximum absolute atomic E-state index is 6.04. The molecule has 0 aliphatic rings. The van der Waals surface area contributed by atoms with Gasteiger partial charge in [0.15, 0.2) is 0 Å². The van der Waals surface area contributed by atoms with Crippen LogP contribution in [0.15, 0.2) is 30.3 Å². The molecular formula is C14H18ClN3. The minimum absolute atomic E-state index is 0.493. The molecule has 4 heteroatoms. The molecule has 0 saturated carbocycles. The van der Waals surface area contributed by atoms with Crippen LogP contribution in [0.4, 0.5) is 0 Å². The van der Waals surface area contributed by atoms with Crippen LogP contribution in [-0.4, -0.2) is 14.8 Å². The van der Waals surface area contributed by atoms with E-state index in [1.54, 1.807) is 0 Å². The summed E-state index contributed by atoms with van der Waals surface area (Å²) in [5, 5.41) is 8.48. The molecule has 0 saturated heterocycles. The molecule has 0 aliphatic heterocycles. The van der Waals surface area contributed by atoms with Crippen LogP contribution >= 0.6 is 11.6 Å². The Morgan fingerprint density at radius 2 is 1.94 bits per heavy atom. The minimum Gasteiger partial charge on any atom is -0.302 e. The van der Waals surface area contributed by atoms with E-state index < -0.39 is 0 Å². The lowest BCUT2D eigenvalue weighted by molar-refractivity contribution is 0.559. The molecule has 0 bridgehead atoms. The van der Waals surface area contributed by atoms with E-state index in [2.05, 4.69) is 48.3 Å². The van der Waals surface area contributed by atoms with Gasteiger partial charge in [-0.2, -0.15) is 0 Å². The highest BCUT2D eigenvalue weighted by molar-refractivity contribution is 6.28. The fourth-order valence-electron chi connectivity index (χ4n) is 2.07. The van der Waals surface area contributed by atoms with Crippen molar-refractivity contribution >= 4 is 11.6 Å². The standard InChI is InChI=1S/C14H18ClN3/c1-3-13-16-17-14(15)18(13)10-9-11(2)12-7-5-4-6-8-12/h4-8,11H,3,9-10H2,1-2H3. The fourth-order valence-corrected chi connectivity index (χ4v) is 2.29. The monoisotopic (exact) mass is 263 g/mol. The van der Waals surface area contributed by atoms with Crippen LogP contribution in [0.1, 0.15) is 37.6 Å². The third kappa shape index (κ3) is 2.91. The van der Waals surface area contributed by atoms with Gasteiger partial charge in [-0.15, -0.1) is 10.2 Å². The smallest absolute Gasteiger partial charge is 0.225 e. The molecular weight excluding hydrogens is 246 g/mol. The van der Waals surface area contributed by atoms with Gasteiger partial charge in [-0.3, -0.25) is 0 Å². The molecule has 96 valence electrons. The number of rotatable bonds is 5. The van der Waals surface area contributed by atoms with E-state index in [0.29, 0.717) is 11.2 Å². The molecule has 2 aromatic rings. The molecule has 1 atom stereocenters. The second kappa shape index (κ2) is 6.01. The first-order chi connectivity index (χ1) is 8.72. The lowest BCUT2D eigenvalue weighted by Gasteiger charge is -2.13. The molecule has 18 heavy (non-hydrogen) atoms. The van der Waals surface area contributed by atoms with Crippen molar-refractivity contribution in [3.63, 3.8) is 0 Å². The quantitative estimate of drug-likeness (QED) is 0.824. The zero-order valence-electron chi connectivity index (χ0n) is 10.8. The molecule has 0 N–H and O–H groups in total. The van der Waals surface area contributed by atoms with Crippen LogP contribution in [0.2, 0.25) is 5.28 Å². The highest BCUT2D eigenvalue weighted by Gasteiger charge is 2.11. The lowest BCUT2D eigenvalue weighted by Crippen LogP contribution is -2.06. The number of nitrogens with zero attached hydrogens (tertiary/aromatic N) is 3. The molecule has 0 amide bonds. The maximum Gasteiger partial charge on any atom is 0.225 e. The van der Waals surface area contributed by atoms with Crippen molar-refractivity contribution in [3.8, 4) is 0 Å². The summed E-state index contributed by atoms with van der Waals surface area (Å²) >= 11 is 6.04. The second-order valence-electron chi connectivity index (χ2n) is 4.49. The minimum atomic E-state index is 0.493. The van der Waals surface area contributed by atoms with Crippen molar-refractivity contribution < 1.29 is 0 Å². The molecule has 0 radical (unpaired) electrons. The van der Waals surface area contributed by atoms with Gasteiger partial charge < -0.3 is 4.57 Å². The van der Waals surface area contributed by atoms with Crippen molar-refractivity contribution in [3.05, 3.63) is 47.0 Å². The number of hydrogen-bond acceptors (Lipinski definition) is 2. The Labute approximate surface area is 113 Å².